The van der Waals surface area contributed by atoms with Gasteiger partial charge in [0.05, 0.1) is 23.3 Å². The van der Waals surface area contributed by atoms with Crippen molar-refractivity contribution < 1.29 is 32.3 Å². The number of hydrogen-bond acceptors (Lipinski definition) is 9. The third-order valence-corrected chi connectivity index (χ3v) is 6.51. The van der Waals surface area contributed by atoms with Crippen molar-refractivity contribution >= 4 is 40.3 Å². The summed E-state index contributed by atoms with van der Waals surface area (Å²) in [5.74, 6) is -1.69. The van der Waals surface area contributed by atoms with Gasteiger partial charge in [0.1, 0.15) is 5.60 Å². The highest BCUT2D eigenvalue weighted by molar-refractivity contribution is 7.07. The van der Waals surface area contributed by atoms with Gasteiger partial charge in [-0.15, -0.1) is 11.3 Å². The average molecular weight is 507 g/mol. The van der Waals surface area contributed by atoms with E-state index in [0.29, 0.717) is 24.3 Å². The molecule has 2 unspecified atom stereocenters. The number of amides is 1. The Labute approximate surface area is 203 Å². The van der Waals surface area contributed by atoms with Crippen molar-refractivity contribution in [1.29, 1.82) is 0 Å². The summed E-state index contributed by atoms with van der Waals surface area (Å²) in [5.41, 5.74) is 2.52. The number of rotatable bonds is 5. The number of fused-ring (bicyclic) bond motifs is 3. The molecule has 12 heteroatoms. The summed E-state index contributed by atoms with van der Waals surface area (Å²) in [6.07, 6.45) is -3.53. The van der Waals surface area contributed by atoms with Crippen LogP contribution in [0.2, 0.25) is 0 Å². The first-order valence-electron chi connectivity index (χ1n) is 11.1. The highest BCUT2D eigenvalue weighted by Crippen LogP contribution is 2.41. The van der Waals surface area contributed by atoms with Crippen molar-refractivity contribution in [3.63, 3.8) is 0 Å². The van der Waals surface area contributed by atoms with E-state index in [1.807, 2.05) is 25.7 Å². The van der Waals surface area contributed by atoms with Crippen LogP contribution in [0.1, 0.15) is 34.1 Å². The highest BCUT2D eigenvalue weighted by Gasteiger charge is 2.50. The maximum atomic E-state index is 14.1. The largest absolute Gasteiger partial charge is 0.460 e. The zero-order valence-corrected chi connectivity index (χ0v) is 20.4. The van der Waals surface area contributed by atoms with E-state index >= 15 is 0 Å². The minimum Gasteiger partial charge on any atom is -0.444 e. The van der Waals surface area contributed by atoms with E-state index in [2.05, 4.69) is 9.97 Å². The molecular formula is C23H24F2N4O5S. The van der Waals surface area contributed by atoms with Crippen molar-refractivity contribution in [1.82, 2.24) is 14.9 Å². The fourth-order valence-electron chi connectivity index (χ4n) is 4.33. The minimum atomic E-state index is -4.01. The first kappa shape index (κ1) is 23.5. The molecule has 35 heavy (non-hydrogen) atoms. The summed E-state index contributed by atoms with van der Waals surface area (Å²) in [5, 5.41) is 1.80. The number of carbonyl (C=O) groups is 2. The Morgan fingerprint density at radius 2 is 1.91 bits per heavy atom. The molecule has 2 atom stereocenters. The Morgan fingerprint density at radius 3 is 2.51 bits per heavy atom. The monoisotopic (exact) mass is 506 g/mol. The SMILES string of the molecule is CC(=O)C(F)(F)Oc1ccc(-c2cscn2)c2oc(N3CC4CC(C3)N4C(=O)OC(C)(C)C)nc12. The van der Waals surface area contributed by atoms with Gasteiger partial charge in [0, 0.05) is 31.0 Å². The summed E-state index contributed by atoms with van der Waals surface area (Å²) >= 11 is 1.38. The lowest BCUT2D eigenvalue weighted by Crippen LogP contribution is -2.70. The van der Waals surface area contributed by atoms with E-state index in [1.165, 1.54) is 17.4 Å². The number of aromatic nitrogens is 2. The molecular weight excluding hydrogens is 482 g/mol. The van der Waals surface area contributed by atoms with Crippen molar-refractivity contribution in [2.24, 2.45) is 0 Å². The Balaban J connectivity index is 1.46. The molecule has 1 aromatic carbocycles. The predicted octanol–water partition coefficient (Wildman–Crippen LogP) is 4.71. The maximum absolute atomic E-state index is 14.1. The Morgan fingerprint density at radius 1 is 1.20 bits per heavy atom. The Bertz CT molecular complexity index is 1280. The van der Waals surface area contributed by atoms with Crippen molar-refractivity contribution in [3.05, 3.63) is 23.0 Å². The number of benzene rings is 1. The smallest absolute Gasteiger partial charge is 0.444 e. The number of ether oxygens (including phenoxy) is 2. The molecule has 3 saturated heterocycles. The molecule has 2 aromatic heterocycles. The molecule has 2 bridgehead atoms. The van der Waals surface area contributed by atoms with Crippen LogP contribution in [0.5, 0.6) is 5.75 Å². The van der Waals surface area contributed by atoms with Gasteiger partial charge in [0.25, 0.3) is 6.01 Å². The van der Waals surface area contributed by atoms with E-state index < -0.39 is 17.5 Å². The molecule has 0 aliphatic carbocycles. The number of oxazole rings is 1. The van der Waals surface area contributed by atoms with Gasteiger partial charge >= 0.3 is 12.2 Å². The molecule has 3 fully saturated rings. The van der Waals surface area contributed by atoms with Gasteiger partial charge in [-0.3, -0.25) is 9.69 Å². The van der Waals surface area contributed by atoms with Crippen molar-refractivity contribution in [3.8, 4) is 17.0 Å². The van der Waals surface area contributed by atoms with Gasteiger partial charge in [0.2, 0.25) is 5.78 Å². The summed E-state index contributed by atoms with van der Waals surface area (Å²) in [4.78, 5) is 36.3. The molecule has 6 rings (SSSR count). The number of anilines is 1. The normalized spacial score (nSPS) is 20.1. The van der Waals surface area contributed by atoms with Gasteiger partial charge in [-0.05, 0) is 39.3 Å². The molecule has 0 saturated carbocycles. The number of halogens is 2. The van der Waals surface area contributed by atoms with Gasteiger partial charge in [-0.1, -0.05) is 0 Å². The number of thiazole rings is 1. The zero-order valence-electron chi connectivity index (χ0n) is 19.6. The summed E-state index contributed by atoms with van der Waals surface area (Å²) in [6, 6.07) is 2.95. The topological polar surface area (TPSA) is 98.0 Å². The Kier molecular flexibility index (Phi) is 5.46. The van der Waals surface area contributed by atoms with E-state index in [1.54, 1.807) is 21.9 Å². The third kappa shape index (κ3) is 4.30. The van der Waals surface area contributed by atoms with E-state index in [9.17, 15) is 18.4 Å². The first-order chi connectivity index (χ1) is 16.4. The molecule has 9 nitrogen and oxygen atoms in total. The second kappa shape index (κ2) is 8.14. The zero-order chi connectivity index (χ0) is 25.1. The van der Waals surface area contributed by atoms with Crippen molar-refractivity contribution in [2.45, 2.75) is 57.9 Å². The fourth-order valence-corrected chi connectivity index (χ4v) is 4.88. The summed E-state index contributed by atoms with van der Waals surface area (Å²) in [6.45, 7) is 7.12. The van der Waals surface area contributed by atoms with Gasteiger partial charge < -0.3 is 18.8 Å². The average Bonchev–Trinajstić information content (AvgIpc) is 3.43. The van der Waals surface area contributed by atoms with Crippen LogP contribution < -0.4 is 9.64 Å². The Hall–Kier alpha value is -3.28. The summed E-state index contributed by atoms with van der Waals surface area (Å²) < 4.78 is 44.5. The van der Waals surface area contributed by atoms with Gasteiger partial charge in [-0.2, -0.15) is 13.8 Å². The quantitative estimate of drug-likeness (QED) is 0.491. The van der Waals surface area contributed by atoms with Crippen LogP contribution in [0.15, 0.2) is 27.4 Å². The standard InChI is InChI=1S/C23H24F2N4O5S/c1-12(30)23(24,25)33-17-6-5-15(16-10-35-11-26-16)19-18(17)27-20(32-19)28-8-13-7-14(9-28)29(13)21(31)34-22(2,3)4/h5-6,10-11,13-14H,7-9H2,1-4H3. The number of Topliss-reactive ketones (excluding diaryl/α,β-unsaturated/α-hetero) is 1. The van der Waals surface area contributed by atoms with Crippen LogP contribution >= 0.6 is 11.3 Å². The predicted molar refractivity (Wildman–Crippen MR) is 124 cm³/mol. The summed E-state index contributed by atoms with van der Waals surface area (Å²) in [7, 11) is 0. The molecule has 3 aliphatic heterocycles. The number of hydrogen-bond donors (Lipinski definition) is 0. The fraction of sp³-hybridized carbons (Fsp3) is 0.478. The molecule has 1 amide bonds. The molecule has 5 heterocycles. The molecule has 0 N–H and O–H groups in total. The van der Waals surface area contributed by atoms with Gasteiger partial charge in [0.15, 0.2) is 16.8 Å². The number of piperazine rings is 1. The molecule has 3 aromatic rings. The van der Waals surface area contributed by atoms with Crippen LogP contribution in [0, 0.1) is 0 Å². The number of alkyl halides is 2. The lowest BCUT2D eigenvalue weighted by atomic mass is 9.88. The number of carbonyl (C=O) groups excluding carboxylic acids is 2. The van der Waals surface area contributed by atoms with Crippen molar-refractivity contribution in [2.75, 3.05) is 18.0 Å². The highest BCUT2D eigenvalue weighted by atomic mass is 32.1. The molecule has 0 radical (unpaired) electrons. The van der Waals surface area contributed by atoms with Crippen LogP contribution in [-0.4, -0.2) is 63.6 Å². The van der Waals surface area contributed by atoms with Crippen LogP contribution in [0.3, 0.4) is 0 Å². The number of piperidine rings is 1. The lowest BCUT2D eigenvalue weighted by Gasteiger charge is -2.55. The second-order valence-electron chi connectivity index (χ2n) is 9.67. The van der Waals surface area contributed by atoms with E-state index in [-0.39, 0.29) is 41.0 Å². The lowest BCUT2D eigenvalue weighted by molar-refractivity contribution is -0.187. The van der Waals surface area contributed by atoms with E-state index in [0.717, 1.165) is 13.3 Å². The molecule has 3 aliphatic rings. The number of ketones is 1. The third-order valence-electron chi connectivity index (χ3n) is 5.92. The molecule has 0 spiro atoms. The van der Waals surface area contributed by atoms with Crippen LogP contribution in [0.25, 0.3) is 22.4 Å². The minimum absolute atomic E-state index is 0.0645. The molecule has 186 valence electrons. The number of nitrogens with zero attached hydrogens (tertiary/aromatic N) is 4. The van der Waals surface area contributed by atoms with E-state index in [4.69, 9.17) is 13.9 Å². The maximum Gasteiger partial charge on any atom is 0.460 e. The second-order valence-corrected chi connectivity index (χ2v) is 10.4. The van der Waals surface area contributed by atoms with Crippen LogP contribution in [-0.2, 0) is 9.53 Å². The van der Waals surface area contributed by atoms with Gasteiger partial charge in [-0.25, -0.2) is 9.78 Å². The van der Waals surface area contributed by atoms with Crippen LogP contribution in [0.4, 0.5) is 19.6 Å². The first-order valence-corrected chi connectivity index (χ1v) is 12.0.